The largest absolute Gasteiger partial charge is 0.454 e. The Morgan fingerprint density at radius 2 is 1.24 bits per heavy atom. The molecule has 0 aliphatic carbocycles. The summed E-state index contributed by atoms with van der Waals surface area (Å²) in [5.41, 5.74) is 4.91. The predicted molar refractivity (Wildman–Crippen MR) is 141 cm³/mol. The molecule has 1 heterocycles. The molecule has 0 spiro atoms. The second-order valence-electron chi connectivity index (χ2n) is 9.30. The summed E-state index contributed by atoms with van der Waals surface area (Å²) in [4.78, 5) is 12.8. The molecule has 4 aromatic carbocycles. The molecule has 1 fully saturated rings. The molecule has 1 aliphatic heterocycles. The maximum Gasteiger partial charge on any atom is 0.338 e. The summed E-state index contributed by atoms with van der Waals surface area (Å²) in [6.07, 6.45) is 1.50. The number of hydrogen-bond donors (Lipinski definition) is 0. The first-order chi connectivity index (χ1) is 18.5. The molecule has 0 aromatic heterocycles. The Kier molecular flexibility index (Phi) is 7.63. The van der Waals surface area contributed by atoms with Gasteiger partial charge in [-0.25, -0.2) is 13.6 Å². The van der Waals surface area contributed by atoms with Crippen molar-refractivity contribution in [3.8, 4) is 11.1 Å². The third-order valence-electron chi connectivity index (χ3n) is 6.61. The third-order valence-corrected chi connectivity index (χ3v) is 6.61. The van der Waals surface area contributed by atoms with E-state index in [1.165, 1.54) is 29.8 Å². The quantitative estimate of drug-likeness (QED) is 0.248. The lowest BCUT2D eigenvalue weighted by Gasteiger charge is -2.40. The highest BCUT2D eigenvalue weighted by Gasteiger charge is 2.42. The van der Waals surface area contributed by atoms with E-state index in [9.17, 15) is 13.6 Å². The third kappa shape index (κ3) is 5.52. The number of hydrogen-bond acceptors (Lipinski definition) is 4. The van der Waals surface area contributed by atoms with Gasteiger partial charge in [0.25, 0.3) is 0 Å². The van der Waals surface area contributed by atoms with Crippen molar-refractivity contribution >= 4 is 5.97 Å². The molecule has 0 atom stereocenters. The Hall–Kier alpha value is -3.87. The van der Waals surface area contributed by atoms with Crippen LogP contribution < -0.4 is 0 Å². The van der Waals surface area contributed by atoms with Crippen LogP contribution in [-0.2, 0) is 26.4 Å². The molecule has 5 rings (SSSR count). The number of carbonyl (C=O) groups excluding carboxylic acids is 1. The molecule has 0 N–H and O–H groups in total. The van der Waals surface area contributed by atoms with E-state index in [-0.39, 0.29) is 13.2 Å². The lowest BCUT2D eigenvalue weighted by atomic mass is 9.96. The summed E-state index contributed by atoms with van der Waals surface area (Å²) in [5.74, 6) is -2.66. The number of benzene rings is 4. The average molecular weight is 515 g/mol. The van der Waals surface area contributed by atoms with Crippen LogP contribution in [0.2, 0.25) is 0 Å². The minimum Gasteiger partial charge on any atom is -0.454 e. The topological polar surface area (TPSA) is 44.8 Å². The highest BCUT2D eigenvalue weighted by Crippen LogP contribution is 2.38. The number of ether oxygens (including phenoxy) is 3. The average Bonchev–Trinajstić information content (AvgIpc) is 2.95. The molecule has 38 heavy (non-hydrogen) atoms. The molecule has 4 aromatic rings. The second kappa shape index (κ2) is 11.3. The minimum atomic E-state index is -1.38. The number of carbonyl (C=O) groups is 1. The van der Waals surface area contributed by atoms with Crippen LogP contribution in [0.25, 0.3) is 11.1 Å². The summed E-state index contributed by atoms with van der Waals surface area (Å²) < 4.78 is 45.1. The van der Waals surface area contributed by atoms with Crippen molar-refractivity contribution in [2.45, 2.75) is 31.7 Å². The Labute approximate surface area is 220 Å². The Morgan fingerprint density at radius 3 is 1.71 bits per heavy atom. The molecule has 0 bridgehead atoms. The molecule has 0 radical (unpaired) electrons. The van der Waals surface area contributed by atoms with E-state index in [0.29, 0.717) is 16.7 Å². The van der Waals surface area contributed by atoms with Crippen molar-refractivity contribution in [2.75, 3.05) is 13.2 Å². The van der Waals surface area contributed by atoms with Crippen LogP contribution in [-0.4, -0.2) is 25.3 Å². The molecule has 0 amide bonds. The van der Waals surface area contributed by atoms with Gasteiger partial charge in [0.05, 0.1) is 18.8 Å². The van der Waals surface area contributed by atoms with E-state index >= 15 is 0 Å². The van der Waals surface area contributed by atoms with Gasteiger partial charge < -0.3 is 14.2 Å². The molecule has 4 nitrogen and oxygen atoms in total. The van der Waals surface area contributed by atoms with Gasteiger partial charge in [0.1, 0.15) is 17.7 Å². The van der Waals surface area contributed by atoms with Crippen molar-refractivity contribution in [1.29, 1.82) is 0 Å². The van der Waals surface area contributed by atoms with Gasteiger partial charge in [-0.3, -0.25) is 0 Å². The second-order valence-corrected chi connectivity index (χ2v) is 9.30. The van der Waals surface area contributed by atoms with Crippen LogP contribution in [0, 0.1) is 11.6 Å². The summed E-state index contributed by atoms with van der Waals surface area (Å²) in [7, 11) is 0. The zero-order valence-corrected chi connectivity index (χ0v) is 21.0. The SMILES string of the molecule is CCCc1ccc(-c2ccc(C(=O)OC3COC(c4ccc(F)cc4)(c4ccc(F)cc4)OC3)cc2)cc1. The van der Waals surface area contributed by atoms with Crippen LogP contribution in [0.3, 0.4) is 0 Å². The Balaban J connectivity index is 1.26. The lowest BCUT2D eigenvalue weighted by Crippen LogP contribution is -2.46. The van der Waals surface area contributed by atoms with Crippen LogP contribution in [0.4, 0.5) is 8.78 Å². The van der Waals surface area contributed by atoms with E-state index in [0.717, 1.165) is 24.0 Å². The van der Waals surface area contributed by atoms with Gasteiger partial charge in [0.2, 0.25) is 5.79 Å². The van der Waals surface area contributed by atoms with Crippen LogP contribution in [0.5, 0.6) is 0 Å². The van der Waals surface area contributed by atoms with Crippen LogP contribution in [0.1, 0.15) is 40.4 Å². The maximum atomic E-state index is 13.6. The molecular formula is C32H28F2O4. The zero-order chi connectivity index (χ0) is 26.5. The van der Waals surface area contributed by atoms with Crippen LogP contribution in [0.15, 0.2) is 97.1 Å². The highest BCUT2D eigenvalue weighted by molar-refractivity contribution is 5.90. The van der Waals surface area contributed by atoms with E-state index in [1.54, 1.807) is 36.4 Å². The molecule has 1 aliphatic rings. The van der Waals surface area contributed by atoms with Gasteiger partial charge in [-0.15, -0.1) is 0 Å². The summed E-state index contributed by atoms with van der Waals surface area (Å²) >= 11 is 0. The van der Waals surface area contributed by atoms with Gasteiger partial charge in [-0.2, -0.15) is 0 Å². The molecule has 6 heteroatoms. The fraction of sp³-hybridized carbons (Fsp3) is 0.219. The van der Waals surface area contributed by atoms with Crippen molar-refractivity contribution in [3.05, 3.63) is 131 Å². The van der Waals surface area contributed by atoms with E-state index in [2.05, 4.69) is 31.2 Å². The van der Waals surface area contributed by atoms with Gasteiger partial charge in [-0.05, 0) is 59.5 Å². The normalized spacial score (nSPS) is 15.2. The van der Waals surface area contributed by atoms with Crippen molar-refractivity contribution in [3.63, 3.8) is 0 Å². The van der Waals surface area contributed by atoms with E-state index in [4.69, 9.17) is 14.2 Å². The van der Waals surface area contributed by atoms with Gasteiger partial charge in [0, 0.05) is 11.1 Å². The molecular weight excluding hydrogens is 486 g/mol. The smallest absolute Gasteiger partial charge is 0.338 e. The Bertz CT molecular complexity index is 1310. The van der Waals surface area contributed by atoms with Crippen molar-refractivity contribution in [2.24, 2.45) is 0 Å². The van der Waals surface area contributed by atoms with Gasteiger partial charge >= 0.3 is 5.97 Å². The predicted octanol–water partition coefficient (Wildman–Crippen LogP) is 7.06. The van der Waals surface area contributed by atoms with Gasteiger partial charge in [0.15, 0.2) is 0 Å². The zero-order valence-electron chi connectivity index (χ0n) is 21.0. The molecule has 194 valence electrons. The van der Waals surface area contributed by atoms with Gasteiger partial charge in [-0.1, -0.05) is 74.0 Å². The first-order valence-electron chi connectivity index (χ1n) is 12.7. The minimum absolute atomic E-state index is 0.0443. The first-order valence-corrected chi connectivity index (χ1v) is 12.7. The lowest BCUT2D eigenvalue weighted by molar-refractivity contribution is -0.277. The van der Waals surface area contributed by atoms with E-state index < -0.39 is 29.5 Å². The van der Waals surface area contributed by atoms with Crippen LogP contribution >= 0.6 is 0 Å². The summed E-state index contributed by atoms with van der Waals surface area (Å²) in [6, 6.07) is 27.2. The number of rotatable bonds is 7. The first kappa shape index (κ1) is 25.8. The highest BCUT2D eigenvalue weighted by atomic mass is 19.1. The summed E-state index contributed by atoms with van der Waals surface area (Å²) in [6.45, 7) is 2.25. The number of esters is 1. The molecule has 1 saturated heterocycles. The fourth-order valence-corrected chi connectivity index (χ4v) is 4.59. The van der Waals surface area contributed by atoms with Crippen molar-refractivity contribution < 1.29 is 27.8 Å². The molecule has 0 saturated carbocycles. The van der Waals surface area contributed by atoms with E-state index in [1.807, 2.05) is 12.1 Å². The number of aryl methyl sites for hydroxylation is 1. The Morgan fingerprint density at radius 1 is 0.763 bits per heavy atom. The summed E-state index contributed by atoms with van der Waals surface area (Å²) in [5, 5.41) is 0. The maximum absolute atomic E-state index is 13.6. The van der Waals surface area contributed by atoms with Crippen molar-refractivity contribution in [1.82, 2.24) is 0 Å². The fourth-order valence-electron chi connectivity index (χ4n) is 4.59. The number of halogens is 2. The molecule has 0 unspecified atom stereocenters. The standard InChI is InChI=1S/C32H28F2O4/c1-2-3-22-4-6-23(7-5-22)24-8-10-25(11-9-24)31(35)38-30-20-36-32(37-21-30,26-12-16-28(33)17-13-26)27-14-18-29(34)19-15-27/h4-19,30H,2-3,20-21H2,1H3. The monoisotopic (exact) mass is 514 g/mol.